The SMILES string of the molecule is COC=O.NC(=O)c1cccn1NC(=O)C1CCCC1. The molecule has 7 nitrogen and oxygen atoms in total. The number of rotatable bonds is 4. The van der Waals surface area contributed by atoms with Crippen LogP contribution in [0, 0.1) is 5.92 Å². The fourth-order valence-corrected chi connectivity index (χ4v) is 2.08. The Bertz CT molecular complexity index is 464. The number of hydrogen-bond donors (Lipinski definition) is 2. The molecule has 0 spiro atoms. The Morgan fingerprint density at radius 1 is 1.45 bits per heavy atom. The van der Waals surface area contributed by atoms with Crippen molar-refractivity contribution in [2.45, 2.75) is 25.7 Å². The van der Waals surface area contributed by atoms with Crippen molar-refractivity contribution < 1.29 is 19.1 Å². The molecule has 2 amide bonds. The van der Waals surface area contributed by atoms with Gasteiger partial charge in [0.05, 0.1) is 7.11 Å². The van der Waals surface area contributed by atoms with Crippen LogP contribution < -0.4 is 11.2 Å². The van der Waals surface area contributed by atoms with E-state index in [9.17, 15) is 9.59 Å². The van der Waals surface area contributed by atoms with Gasteiger partial charge in [-0.05, 0) is 25.0 Å². The van der Waals surface area contributed by atoms with Crippen LogP contribution in [0.25, 0.3) is 0 Å². The maximum atomic E-state index is 11.8. The molecule has 110 valence electrons. The lowest BCUT2D eigenvalue weighted by atomic mass is 10.1. The van der Waals surface area contributed by atoms with Gasteiger partial charge in [0.25, 0.3) is 12.4 Å². The van der Waals surface area contributed by atoms with Crippen LogP contribution in [-0.4, -0.2) is 30.1 Å². The molecular weight excluding hydrogens is 262 g/mol. The van der Waals surface area contributed by atoms with Crippen molar-refractivity contribution in [3.05, 3.63) is 24.0 Å². The molecule has 0 bridgehead atoms. The molecule has 7 heteroatoms. The van der Waals surface area contributed by atoms with E-state index in [0.717, 1.165) is 25.7 Å². The van der Waals surface area contributed by atoms with Gasteiger partial charge in [-0.2, -0.15) is 0 Å². The van der Waals surface area contributed by atoms with Gasteiger partial charge in [-0.3, -0.25) is 24.5 Å². The molecule has 1 saturated carbocycles. The molecule has 1 aromatic heterocycles. The van der Waals surface area contributed by atoms with Crippen LogP contribution in [0.15, 0.2) is 18.3 Å². The summed E-state index contributed by atoms with van der Waals surface area (Å²) < 4.78 is 5.25. The van der Waals surface area contributed by atoms with Crippen LogP contribution in [0.5, 0.6) is 0 Å². The quantitative estimate of drug-likeness (QED) is 0.790. The lowest BCUT2D eigenvalue weighted by Crippen LogP contribution is -2.31. The average Bonchev–Trinajstić information content (AvgIpc) is 3.09. The number of carbonyl (C=O) groups is 3. The number of nitrogens with zero attached hydrogens (tertiary/aromatic N) is 1. The van der Waals surface area contributed by atoms with E-state index in [2.05, 4.69) is 10.2 Å². The molecule has 0 atom stereocenters. The van der Waals surface area contributed by atoms with Gasteiger partial charge in [0.1, 0.15) is 5.69 Å². The normalized spacial score (nSPS) is 14.1. The second-order valence-corrected chi connectivity index (χ2v) is 4.42. The van der Waals surface area contributed by atoms with Crippen molar-refractivity contribution in [2.75, 3.05) is 12.5 Å². The number of primary amides is 1. The van der Waals surface area contributed by atoms with Crippen LogP contribution >= 0.6 is 0 Å². The summed E-state index contributed by atoms with van der Waals surface area (Å²) in [7, 11) is 1.31. The molecule has 0 unspecified atom stereocenters. The third-order valence-corrected chi connectivity index (χ3v) is 3.05. The van der Waals surface area contributed by atoms with E-state index >= 15 is 0 Å². The van der Waals surface area contributed by atoms with E-state index in [4.69, 9.17) is 10.5 Å². The molecule has 1 heterocycles. The number of methoxy groups -OCH3 is 1. The predicted octanol–water partition coefficient (Wildman–Crippen LogP) is 0.636. The number of ether oxygens (including phenoxy) is 1. The van der Waals surface area contributed by atoms with Crippen molar-refractivity contribution in [2.24, 2.45) is 11.7 Å². The topological polar surface area (TPSA) is 103 Å². The highest BCUT2D eigenvalue weighted by Crippen LogP contribution is 2.24. The zero-order chi connectivity index (χ0) is 15.0. The summed E-state index contributed by atoms with van der Waals surface area (Å²) in [5.74, 6) is -0.504. The molecule has 20 heavy (non-hydrogen) atoms. The fourth-order valence-electron chi connectivity index (χ4n) is 2.08. The highest BCUT2D eigenvalue weighted by Gasteiger charge is 2.23. The molecule has 0 radical (unpaired) electrons. The van der Waals surface area contributed by atoms with Crippen molar-refractivity contribution >= 4 is 18.3 Å². The van der Waals surface area contributed by atoms with Crippen LogP contribution in [-0.2, 0) is 14.3 Å². The van der Waals surface area contributed by atoms with E-state index in [-0.39, 0.29) is 11.8 Å². The Labute approximate surface area is 117 Å². The maximum absolute atomic E-state index is 11.8. The number of nitrogens with one attached hydrogen (secondary N) is 1. The molecule has 1 aliphatic carbocycles. The van der Waals surface area contributed by atoms with Crippen LogP contribution in [0.1, 0.15) is 36.2 Å². The standard InChI is InChI=1S/C11H15N3O2.C2H4O2/c12-10(15)9-6-3-7-14(9)13-11(16)8-4-1-2-5-8;1-4-2-3/h3,6-8H,1-2,4-5H2,(H2,12,15)(H,13,16);2H,1H3. The Balaban J connectivity index is 0.000000444. The van der Waals surface area contributed by atoms with Crippen molar-refractivity contribution in [3.8, 4) is 0 Å². The van der Waals surface area contributed by atoms with Gasteiger partial charge in [0.15, 0.2) is 0 Å². The largest absolute Gasteiger partial charge is 0.471 e. The van der Waals surface area contributed by atoms with E-state index in [1.165, 1.54) is 11.8 Å². The van der Waals surface area contributed by atoms with Crippen molar-refractivity contribution in [3.63, 3.8) is 0 Å². The molecule has 0 aromatic carbocycles. The molecule has 1 fully saturated rings. The van der Waals surface area contributed by atoms with Crippen LogP contribution in [0.3, 0.4) is 0 Å². The summed E-state index contributed by atoms with van der Waals surface area (Å²) in [6.07, 6.45) is 5.68. The van der Waals surface area contributed by atoms with Gasteiger partial charge in [-0.15, -0.1) is 0 Å². The molecule has 3 N–H and O–H groups in total. The highest BCUT2D eigenvalue weighted by atomic mass is 16.5. The summed E-state index contributed by atoms with van der Waals surface area (Å²) in [5, 5.41) is 0. The number of nitrogens with two attached hydrogens (primary N) is 1. The summed E-state index contributed by atoms with van der Waals surface area (Å²) >= 11 is 0. The number of carbonyl (C=O) groups excluding carboxylic acids is 3. The number of amides is 2. The number of aromatic nitrogens is 1. The molecular formula is C13H19N3O4. The summed E-state index contributed by atoms with van der Waals surface area (Å²) in [4.78, 5) is 31.8. The van der Waals surface area contributed by atoms with Gasteiger partial charge < -0.3 is 10.5 Å². The van der Waals surface area contributed by atoms with E-state index < -0.39 is 5.91 Å². The molecule has 1 aliphatic rings. The molecule has 1 aromatic rings. The molecule has 0 aliphatic heterocycles. The maximum Gasteiger partial charge on any atom is 0.292 e. The monoisotopic (exact) mass is 281 g/mol. The van der Waals surface area contributed by atoms with Gasteiger partial charge >= 0.3 is 0 Å². The zero-order valence-electron chi connectivity index (χ0n) is 11.4. The zero-order valence-corrected chi connectivity index (χ0v) is 11.4. The Morgan fingerprint density at radius 2 is 2.05 bits per heavy atom. The average molecular weight is 281 g/mol. The van der Waals surface area contributed by atoms with Gasteiger partial charge in [-0.1, -0.05) is 12.8 Å². The van der Waals surface area contributed by atoms with E-state index in [0.29, 0.717) is 12.2 Å². The Morgan fingerprint density at radius 3 is 2.55 bits per heavy atom. The molecule has 2 rings (SSSR count). The highest BCUT2D eigenvalue weighted by molar-refractivity contribution is 5.93. The van der Waals surface area contributed by atoms with Gasteiger partial charge in [-0.25, -0.2) is 0 Å². The minimum absolute atomic E-state index is 0.0313. The third kappa shape index (κ3) is 4.42. The first-order valence-corrected chi connectivity index (χ1v) is 6.34. The first kappa shape index (κ1) is 15.7. The van der Waals surface area contributed by atoms with Gasteiger partial charge in [0, 0.05) is 12.1 Å². The fraction of sp³-hybridized carbons (Fsp3) is 0.462. The second-order valence-electron chi connectivity index (χ2n) is 4.42. The second kappa shape index (κ2) is 7.98. The van der Waals surface area contributed by atoms with Crippen LogP contribution in [0.2, 0.25) is 0 Å². The summed E-state index contributed by atoms with van der Waals surface area (Å²) in [6, 6.07) is 3.26. The first-order chi connectivity index (χ1) is 9.60. The van der Waals surface area contributed by atoms with Crippen molar-refractivity contribution in [1.82, 2.24) is 4.68 Å². The van der Waals surface area contributed by atoms with E-state index in [1.807, 2.05) is 0 Å². The Hall–Kier alpha value is -2.31. The minimum atomic E-state index is -0.545. The molecule has 0 saturated heterocycles. The third-order valence-electron chi connectivity index (χ3n) is 3.05. The van der Waals surface area contributed by atoms with Crippen LogP contribution in [0.4, 0.5) is 0 Å². The lowest BCUT2D eigenvalue weighted by Gasteiger charge is -2.12. The predicted molar refractivity (Wildman–Crippen MR) is 72.3 cm³/mol. The van der Waals surface area contributed by atoms with Gasteiger partial charge in [0.2, 0.25) is 5.91 Å². The smallest absolute Gasteiger partial charge is 0.292 e. The lowest BCUT2D eigenvalue weighted by molar-refractivity contribution is -0.126. The van der Waals surface area contributed by atoms with E-state index in [1.54, 1.807) is 18.3 Å². The minimum Gasteiger partial charge on any atom is -0.471 e. The summed E-state index contributed by atoms with van der Waals surface area (Å²) in [6.45, 7) is 0.375. The number of hydrogen-bond acceptors (Lipinski definition) is 4. The van der Waals surface area contributed by atoms with Crippen molar-refractivity contribution in [1.29, 1.82) is 0 Å². The first-order valence-electron chi connectivity index (χ1n) is 6.34. The Kier molecular flexibility index (Phi) is 6.28. The summed E-state index contributed by atoms with van der Waals surface area (Å²) in [5.41, 5.74) is 8.17.